The van der Waals surface area contributed by atoms with Crippen molar-refractivity contribution < 1.29 is 4.74 Å². The molecule has 2 N–H and O–H groups in total. The first-order chi connectivity index (χ1) is 11.2. The molecule has 0 atom stereocenters. The number of benzene rings is 2. The van der Waals surface area contributed by atoms with Gasteiger partial charge in [-0.05, 0) is 41.8 Å². The third kappa shape index (κ3) is 5.83. The van der Waals surface area contributed by atoms with Gasteiger partial charge >= 0.3 is 0 Å². The monoisotopic (exact) mass is 331 g/mol. The van der Waals surface area contributed by atoms with Crippen LogP contribution in [-0.2, 0) is 13.0 Å². The summed E-state index contributed by atoms with van der Waals surface area (Å²) in [5.74, 6) is 1.64. The third-order valence-corrected chi connectivity index (χ3v) is 3.67. The van der Waals surface area contributed by atoms with E-state index in [0.717, 1.165) is 29.7 Å². The molecule has 0 aromatic heterocycles. The van der Waals surface area contributed by atoms with Gasteiger partial charge in [-0.2, -0.15) is 0 Å². The average molecular weight is 332 g/mol. The van der Waals surface area contributed by atoms with Gasteiger partial charge < -0.3 is 15.4 Å². The minimum Gasteiger partial charge on any atom is -0.497 e. The van der Waals surface area contributed by atoms with E-state index in [4.69, 9.17) is 16.3 Å². The van der Waals surface area contributed by atoms with Crippen LogP contribution in [0.5, 0.6) is 5.75 Å². The standard InChI is InChI=1S/C18H22ClN3O/c1-20-18(21-11-10-14-4-3-5-16(19)12-14)22-13-15-6-8-17(23-2)9-7-15/h3-9,12H,10-11,13H2,1-2H3,(H2,20,21,22). The van der Waals surface area contributed by atoms with Gasteiger partial charge in [0.1, 0.15) is 5.75 Å². The van der Waals surface area contributed by atoms with Crippen LogP contribution >= 0.6 is 11.6 Å². The number of aliphatic imine (C=N–C) groups is 1. The van der Waals surface area contributed by atoms with Crippen molar-refractivity contribution in [2.45, 2.75) is 13.0 Å². The van der Waals surface area contributed by atoms with Gasteiger partial charge in [-0.1, -0.05) is 35.9 Å². The zero-order chi connectivity index (χ0) is 16.5. The fourth-order valence-electron chi connectivity index (χ4n) is 2.17. The van der Waals surface area contributed by atoms with Crippen LogP contribution in [0.3, 0.4) is 0 Å². The van der Waals surface area contributed by atoms with Gasteiger partial charge in [-0.25, -0.2) is 0 Å². The van der Waals surface area contributed by atoms with Crippen molar-refractivity contribution in [2.75, 3.05) is 20.7 Å². The van der Waals surface area contributed by atoms with E-state index < -0.39 is 0 Å². The quantitative estimate of drug-likeness (QED) is 0.631. The maximum absolute atomic E-state index is 5.99. The molecule has 0 aliphatic carbocycles. The highest BCUT2D eigenvalue weighted by Crippen LogP contribution is 2.11. The fraction of sp³-hybridized carbons (Fsp3) is 0.278. The van der Waals surface area contributed by atoms with E-state index in [0.29, 0.717) is 6.54 Å². The van der Waals surface area contributed by atoms with E-state index in [1.807, 2.05) is 42.5 Å². The van der Waals surface area contributed by atoms with Gasteiger partial charge in [0.25, 0.3) is 0 Å². The van der Waals surface area contributed by atoms with Crippen molar-refractivity contribution in [3.8, 4) is 5.75 Å². The summed E-state index contributed by atoms with van der Waals surface area (Å²) >= 11 is 5.99. The molecule has 0 aliphatic rings. The number of nitrogens with one attached hydrogen (secondary N) is 2. The van der Waals surface area contributed by atoms with E-state index in [1.165, 1.54) is 11.1 Å². The van der Waals surface area contributed by atoms with Crippen LogP contribution in [0.1, 0.15) is 11.1 Å². The molecular formula is C18H22ClN3O. The zero-order valence-corrected chi connectivity index (χ0v) is 14.2. The number of hydrogen-bond donors (Lipinski definition) is 2. The third-order valence-electron chi connectivity index (χ3n) is 3.44. The molecular weight excluding hydrogens is 310 g/mol. The molecule has 2 aromatic rings. The fourth-order valence-corrected chi connectivity index (χ4v) is 2.38. The maximum Gasteiger partial charge on any atom is 0.191 e. The van der Waals surface area contributed by atoms with E-state index in [1.54, 1.807) is 14.2 Å². The second-order valence-electron chi connectivity index (χ2n) is 5.08. The number of ether oxygens (including phenoxy) is 1. The minimum absolute atomic E-state index is 0.709. The highest BCUT2D eigenvalue weighted by atomic mass is 35.5. The second kappa shape index (κ2) is 9.06. The Bertz CT molecular complexity index is 641. The predicted molar refractivity (Wildman–Crippen MR) is 96.4 cm³/mol. The molecule has 2 aromatic carbocycles. The number of methoxy groups -OCH3 is 1. The molecule has 4 nitrogen and oxygen atoms in total. The summed E-state index contributed by atoms with van der Waals surface area (Å²) in [4.78, 5) is 4.23. The molecule has 0 spiro atoms. The first-order valence-electron chi connectivity index (χ1n) is 7.53. The highest BCUT2D eigenvalue weighted by molar-refractivity contribution is 6.30. The Morgan fingerprint density at radius 2 is 1.87 bits per heavy atom. The van der Waals surface area contributed by atoms with Gasteiger partial charge in [-0.3, -0.25) is 4.99 Å². The topological polar surface area (TPSA) is 45.7 Å². The van der Waals surface area contributed by atoms with Crippen LogP contribution in [0.25, 0.3) is 0 Å². The second-order valence-corrected chi connectivity index (χ2v) is 5.52. The predicted octanol–water partition coefficient (Wildman–Crippen LogP) is 3.26. The molecule has 0 saturated carbocycles. The summed E-state index contributed by atoms with van der Waals surface area (Å²) in [5, 5.41) is 7.36. The van der Waals surface area contributed by atoms with E-state index in [9.17, 15) is 0 Å². The number of halogens is 1. The smallest absolute Gasteiger partial charge is 0.191 e. The average Bonchev–Trinajstić information content (AvgIpc) is 2.58. The van der Waals surface area contributed by atoms with Crippen LogP contribution in [0.2, 0.25) is 5.02 Å². The largest absolute Gasteiger partial charge is 0.497 e. The summed E-state index contributed by atoms with van der Waals surface area (Å²) in [7, 11) is 3.43. The Labute approximate surface area is 142 Å². The van der Waals surface area contributed by atoms with Crippen molar-refractivity contribution in [1.82, 2.24) is 10.6 Å². The molecule has 5 heteroatoms. The molecule has 23 heavy (non-hydrogen) atoms. The van der Waals surface area contributed by atoms with Crippen molar-refractivity contribution in [3.63, 3.8) is 0 Å². The van der Waals surface area contributed by atoms with E-state index >= 15 is 0 Å². The van der Waals surface area contributed by atoms with Crippen molar-refractivity contribution >= 4 is 17.6 Å². The Kier molecular flexibility index (Phi) is 6.76. The van der Waals surface area contributed by atoms with Crippen LogP contribution in [0.15, 0.2) is 53.5 Å². The number of hydrogen-bond acceptors (Lipinski definition) is 2. The molecule has 0 fully saturated rings. The van der Waals surface area contributed by atoms with Crippen LogP contribution in [0, 0.1) is 0 Å². The lowest BCUT2D eigenvalue weighted by Gasteiger charge is -2.12. The SMILES string of the molecule is CN=C(NCCc1cccc(Cl)c1)NCc1ccc(OC)cc1. The molecule has 0 amide bonds. The molecule has 0 bridgehead atoms. The van der Waals surface area contributed by atoms with Crippen LogP contribution in [0.4, 0.5) is 0 Å². The van der Waals surface area contributed by atoms with Gasteiger partial charge in [0, 0.05) is 25.2 Å². The van der Waals surface area contributed by atoms with Gasteiger partial charge in [0.2, 0.25) is 0 Å². The number of guanidine groups is 1. The summed E-state index contributed by atoms with van der Waals surface area (Å²) in [5.41, 5.74) is 2.37. The Hall–Kier alpha value is -2.20. The van der Waals surface area contributed by atoms with Crippen molar-refractivity contribution in [2.24, 2.45) is 4.99 Å². The lowest BCUT2D eigenvalue weighted by atomic mass is 10.1. The lowest BCUT2D eigenvalue weighted by Crippen LogP contribution is -2.37. The molecule has 0 aliphatic heterocycles. The van der Waals surface area contributed by atoms with Crippen molar-refractivity contribution in [1.29, 1.82) is 0 Å². The maximum atomic E-state index is 5.99. The molecule has 122 valence electrons. The highest BCUT2D eigenvalue weighted by Gasteiger charge is 2.00. The molecule has 0 saturated heterocycles. The summed E-state index contributed by atoms with van der Waals surface area (Å²) in [6.07, 6.45) is 0.893. The van der Waals surface area contributed by atoms with Crippen LogP contribution < -0.4 is 15.4 Å². The zero-order valence-electron chi connectivity index (χ0n) is 13.5. The van der Waals surface area contributed by atoms with Gasteiger partial charge in [0.05, 0.1) is 7.11 Å². The Morgan fingerprint density at radius 1 is 1.09 bits per heavy atom. The normalized spacial score (nSPS) is 11.2. The summed E-state index contributed by atoms with van der Waals surface area (Å²) in [6, 6.07) is 15.9. The van der Waals surface area contributed by atoms with Crippen LogP contribution in [-0.4, -0.2) is 26.7 Å². The van der Waals surface area contributed by atoms with Gasteiger partial charge in [-0.15, -0.1) is 0 Å². The van der Waals surface area contributed by atoms with Gasteiger partial charge in [0.15, 0.2) is 5.96 Å². The van der Waals surface area contributed by atoms with E-state index in [2.05, 4.69) is 21.7 Å². The first-order valence-corrected chi connectivity index (χ1v) is 7.91. The van der Waals surface area contributed by atoms with Crippen molar-refractivity contribution in [3.05, 3.63) is 64.7 Å². The minimum atomic E-state index is 0.709. The molecule has 0 unspecified atom stereocenters. The molecule has 0 radical (unpaired) electrons. The Balaban J connectivity index is 1.76. The lowest BCUT2D eigenvalue weighted by molar-refractivity contribution is 0.414. The number of rotatable bonds is 6. The number of nitrogens with zero attached hydrogens (tertiary/aromatic N) is 1. The molecule has 0 heterocycles. The first kappa shape index (κ1) is 17.2. The summed E-state index contributed by atoms with van der Waals surface area (Å²) < 4.78 is 5.15. The van der Waals surface area contributed by atoms with E-state index in [-0.39, 0.29) is 0 Å². The Morgan fingerprint density at radius 3 is 2.52 bits per heavy atom. The molecule has 2 rings (SSSR count). The summed E-state index contributed by atoms with van der Waals surface area (Å²) in [6.45, 7) is 1.50.